The molecule has 7 nitrogen and oxygen atoms in total. The Labute approximate surface area is 212 Å². The van der Waals surface area contributed by atoms with Gasteiger partial charge >= 0.3 is 6.18 Å². The van der Waals surface area contributed by atoms with Gasteiger partial charge in [0.15, 0.2) is 12.3 Å². The summed E-state index contributed by atoms with van der Waals surface area (Å²) in [7, 11) is 1.52. The van der Waals surface area contributed by atoms with Crippen molar-refractivity contribution in [3.8, 4) is 5.88 Å². The second-order valence-electron chi connectivity index (χ2n) is 8.67. The number of fused-ring (bicyclic) bond motifs is 1. The fraction of sp³-hybridized carbons (Fsp3) is 0.435. The molecule has 2 heterocycles. The van der Waals surface area contributed by atoms with Gasteiger partial charge in [0.25, 0.3) is 12.3 Å². The van der Waals surface area contributed by atoms with Crippen LogP contribution in [0.25, 0.3) is 11.2 Å². The van der Waals surface area contributed by atoms with Crippen molar-refractivity contribution in [2.75, 3.05) is 11.9 Å². The molecular formula is C23H22ClF6N5O2. The SMILES string of the molecule is Cn1c(Nc2c(F)cccc2Cl)nc2cc(C(=O)NC3CCC(C(F)(F)F)CC3)c(OCC(F)F)nc21. The first kappa shape index (κ1) is 26.8. The lowest BCUT2D eigenvalue weighted by atomic mass is 9.85. The van der Waals surface area contributed by atoms with Gasteiger partial charge in [0, 0.05) is 13.1 Å². The fourth-order valence-corrected chi connectivity index (χ4v) is 4.39. The molecule has 1 aliphatic rings. The van der Waals surface area contributed by atoms with Gasteiger partial charge in [0.05, 0.1) is 16.6 Å². The number of ether oxygens (including phenoxy) is 1. The summed E-state index contributed by atoms with van der Waals surface area (Å²) >= 11 is 6.06. The number of aromatic nitrogens is 3. The Bertz CT molecular complexity index is 1270. The molecule has 2 aromatic heterocycles. The van der Waals surface area contributed by atoms with Crippen LogP contribution < -0.4 is 15.4 Å². The van der Waals surface area contributed by atoms with E-state index in [-0.39, 0.29) is 59.1 Å². The number of carbonyl (C=O) groups is 1. The standard InChI is InChI=1S/C23H22ClF6N5O2/c1-35-19-16(32-22(35)33-18-14(24)3-2-4-15(18)25)9-13(21(34-19)37-10-17(26)27)20(36)31-12-7-5-11(6-8-12)23(28,29)30/h2-4,9,11-12,17H,5-8,10H2,1H3,(H,31,36)(H,32,33). The van der Waals surface area contributed by atoms with Crippen LogP contribution in [0.4, 0.5) is 38.0 Å². The predicted octanol–water partition coefficient (Wildman–Crippen LogP) is 6.00. The summed E-state index contributed by atoms with van der Waals surface area (Å²) in [5, 5.41) is 5.48. The molecule has 0 aliphatic heterocycles. The van der Waals surface area contributed by atoms with E-state index in [4.69, 9.17) is 16.3 Å². The van der Waals surface area contributed by atoms with E-state index in [1.165, 1.54) is 35.9 Å². The molecule has 1 fully saturated rings. The predicted molar refractivity (Wildman–Crippen MR) is 124 cm³/mol. The number of anilines is 2. The van der Waals surface area contributed by atoms with Crippen LogP contribution in [0.3, 0.4) is 0 Å². The highest BCUT2D eigenvalue weighted by Crippen LogP contribution is 2.38. The fourth-order valence-electron chi connectivity index (χ4n) is 4.18. The van der Waals surface area contributed by atoms with Crippen molar-refractivity contribution in [3.05, 3.63) is 40.7 Å². The number of benzene rings is 1. The number of rotatable bonds is 7. The molecule has 0 saturated heterocycles. The molecule has 0 unspecified atom stereocenters. The summed E-state index contributed by atoms with van der Waals surface area (Å²) in [4.78, 5) is 21.5. The van der Waals surface area contributed by atoms with Gasteiger partial charge in [-0.2, -0.15) is 18.2 Å². The first-order valence-electron chi connectivity index (χ1n) is 11.3. The minimum Gasteiger partial charge on any atom is -0.471 e. The number of para-hydroxylation sites is 1. The molecule has 0 spiro atoms. The summed E-state index contributed by atoms with van der Waals surface area (Å²) in [6, 6.07) is 4.82. The Morgan fingerprint density at radius 3 is 2.54 bits per heavy atom. The first-order chi connectivity index (χ1) is 17.4. The minimum absolute atomic E-state index is 0.0517. The van der Waals surface area contributed by atoms with Gasteiger partial charge in [-0.25, -0.2) is 18.2 Å². The van der Waals surface area contributed by atoms with Crippen LogP contribution in [0.5, 0.6) is 5.88 Å². The summed E-state index contributed by atoms with van der Waals surface area (Å²) in [5.41, 5.74) is 0.0399. The number of imidazole rings is 1. The van der Waals surface area contributed by atoms with Crippen LogP contribution in [0.1, 0.15) is 36.0 Å². The van der Waals surface area contributed by atoms with Crippen LogP contribution in [0, 0.1) is 11.7 Å². The van der Waals surface area contributed by atoms with Crippen molar-refractivity contribution in [2.24, 2.45) is 13.0 Å². The molecule has 0 bridgehead atoms. The second kappa shape index (κ2) is 10.6. The zero-order valence-electron chi connectivity index (χ0n) is 19.4. The number of amides is 1. The largest absolute Gasteiger partial charge is 0.471 e. The van der Waals surface area contributed by atoms with Crippen LogP contribution in [-0.2, 0) is 7.05 Å². The van der Waals surface area contributed by atoms with E-state index < -0.39 is 48.8 Å². The summed E-state index contributed by atoms with van der Waals surface area (Å²) in [5.74, 6) is -3.11. The van der Waals surface area contributed by atoms with Gasteiger partial charge in [-0.3, -0.25) is 9.36 Å². The third-order valence-electron chi connectivity index (χ3n) is 6.13. The van der Waals surface area contributed by atoms with E-state index in [0.717, 1.165) is 0 Å². The maximum Gasteiger partial charge on any atom is 0.391 e. The molecule has 14 heteroatoms. The Morgan fingerprint density at radius 1 is 1.22 bits per heavy atom. The van der Waals surface area contributed by atoms with Crippen molar-refractivity contribution in [1.29, 1.82) is 0 Å². The third-order valence-corrected chi connectivity index (χ3v) is 6.44. The zero-order chi connectivity index (χ0) is 26.9. The van der Waals surface area contributed by atoms with E-state index in [2.05, 4.69) is 20.6 Å². The molecule has 1 amide bonds. The average Bonchev–Trinajstić information content (AvgIpc) is 3.13. The first-order valence-corrected chi connectivity index (χ1v) is 11.7. The average molecular weight is 550 g/mol. The normalized spacial score (nSPS) is 18.3. The lowest BCUT2D eigenvalue weighted by molar-refractivity contribution is -0.182. The van der Waals surface area contributed by atoms with Gasteiger partial charge in [-0.15, -0.1) is 0 Å². The van der Waals surface area contributed by atoms with Gasteiger partial charge in [-0.05, 0) is 43.9 Å². The van der Waals surface area contributed by atoms with Gasteiger partial charge < -0.3 is 15.4 Å². The number of halogens is 7. The highest BCUT2D eigenvalue weighted by molar-refractivity contribution is 6.33. The lowest BCUT2D eigenvalue weighted by Crippen LogP contribution is -2.40. The highest BCUT2D eigenvalue weighted by Gasteiger charge is 2.41. The lowest BCUT2D eigenvalue weighted by Gasteiger charge is -2.30. The smallest absolute Gasteiger partial charge is 0.391 e. The number of pyridine rings is 1. The number of aryl methyl sites for hydroxylation is 1. The van der Waals surface area contributed by atoms with Crippen molar-refractivity contribution in [2.45, 2.75) is 44.3 Å². The highest BCUT2D eigenvalue weighted by atomic mass is 35.5. The molecule has 3 aromatic rings. The molecule has 1 saturated carbocycles. The molecule has 0 atom stereocenters. The molecule has 1 aromatic carbocycles. The molecule has 2 N–H and O–H groups in total. The van der Waals surface area contributed by atoms with E-state index in [1.807, 2.05) is 0 Å². The quantitative estimate of drug-likeness (QED) is 0.353. The molecule has 37 heavy (non-hydrogen) atoms. The monoisotopic (exact) mass is 549 g/mol. The number of alkyl halides is 5. The third kappa shape index (κ3) is 6.03. The number of nitrogens with one attached hydrogen (secondary N) is 2. The molecule has 0 radical (unpaired) electrons. The molecule has 200 valence electrons. The minimum atomic E-state index is -4.29. The second-order valence-corrected chi connectivity index (χ2v) is 9.07. The van der Waals surface area contributed by atoms with Gasteiger partial charge in [-0.1, -0.05) is 17.7 Å². The number of carbonyl (C=O) groups excluding carboxylic acids is 1. The van der Waals surface area contributed by atoms with Crippen LogP contribution in [0.2, 0.25) is 5.02 Å². The van der Waals surface area contributed by atoms with Crippen LogP contribution in [-0.4, -0.2) is 45.7 Å². The van der Waals surface area contributed by atoms with E-state index in [9.17, 15) is 31.1 Å². The van der Waals surface area contributed by atoms with Gasteiger partial charge in [0.1, 0.15) is 16.9 Å². The zero-order valence-corrected chi connectivity index (χ0v) is 20.1. The summed E-state index contributed by atoms with van der Waals surface area (Å²) in [6.07, 6.45) is -7.18. The Morgan fingerprint density at radius 2 is 1.92 bits per heavy atom. The van der Waals surface area contributed by atoms with E-state index in [0.29, 0.717) is 0 Å². The van der Waals surface area contributed by atoms with E-state index >= 15 is 0 Å². The molecule has 4 rings (SSSR count). The molecule has 1 aliphatic carbocycles. The number of hydrogen-bond donors (Lipinski definition) is 2. The van der Waals surface area contributed by atoms with Gasteiger partial charge in [0.2, 0.25) is 11.8 Å². The van der Waals surface area contributed by atoms with E-state index in [1.54, 1.807) is 0 Å². The van der Waals surface area contributed by atoms with Crippen molar-refractivity contribution < 1.29 is 35.9 Å². The van der Waals surface area contributed by atoms with Crippen molar-refractivity contribution >= 4 is 40.3 Å². The molecular weight excluding hydrogens is 528 g/mol. The van der Waals surface area contributed by atoms with Crippen LogP contribution in [0.15, 0.2) is 24.3 Å². The number of hydrogen-bond acceptors (Lipinski definition) is 5. The Hall–Kier alpha value is -3.22. The van der Waals surface area contributed by atoms with Crippen molar-refractivity contribution in [1.82, 2.24) is 19.9 Å². The summed E-state index contributed by atoms with van der Waals surface area (Å²) in [6.45, 7) is -1.04. The maximum absolute atomic E-state index is 14.2. The summed E-state index contributed by atoms with van der Waals surface area (Å²) < 4.78 is 85.3. The Balaban J connectivity index is 1.62. The maximum atomic E-state index is 14.2. The number of nitrogens with zero attached hydrogens (tertiary/aromatic N) is 3. The topological polar surface area (TPSA) is 81.1 Å². The van der Waals surface area contributed by atoms with Crippen molar-refractivity contribution in [3.63, 3.8) is 0 Å². The Kier molecular flexibility index (Phi) is 7.72. The van der Waals surface area contributed by atoms with Crippen LogP contribution >= 0.6 is 11.6 Å².